The van der Waals surface area contributed by atoms with Gasteiger partial charge in [0.05, 0.1) is 9.84 Å². The van der Waals surface area contributed by atoms with Crippen molar-refractivity contribution < 1.29 is 14.6 Å². The number of halogens is 1. The van der Waals surface area contributed by atoms with Crippen LogP contribution in [-0.2, 0) is 9.53 Å². The largest absolute Gasteiger partial charge is 0.461 e. The van der Waals surface area contributed by atoms with Crippen LogP contribution in [0.15, 0.2) is 0 Å². The van der Waals surface area contributed by atoms with Crippen LogP contribution in [0.5, 0.6) is 0 Å². The minimum absolute atomic E-state index is 0.0195. The van der Waals surface area contributed by atoms with Gasteiger partial charge in [0.2, 0.25) is 0 Å². The van der Waals surface area contributed by atoms with Gasteiger partial charge in [-0.3, -0.25) is 4.79 Å². The first-order chi connectivity index (χ1) is 6.24. The molecule has 1 aliphatic heterocycles. The average molecular weight is 294 g/mol. The summed E-state index contributed by atoms with van der Waals surface area (Å²) in [5.41, 5.74) is 0. The van der Waals surface area contributed by atoms with Crippen LogP contribution in [-0.4, -0.2) is 27.7 Å². The predicted octanol–water partition coefficient (Wildman–Crippen LogP) is 0.590. The third kappa shape index (κ3) is 0.862. The van der Waals surface area contributed by atoms with E-state index in [9.17, 15) is 9.90 Å². The van der Waals surface area contributed by atoms with Crippen LogP contribution < -0.4 is 0 Å². The van der Waals surface area contributed by atoms with Gasteiger partial charge in [0.15, 0.2) is 0 Å². The van der Waals surface area contributed by atoms with Crippen LogP contribution >= 0.6 is 22.6 Å². The highest BCUT2D eigenvalue weighted by Gasteiger charge is 2.65. The Kier molecular flexibility index (Phi) is 1.69. The molecular weight excluding hydrogens is 283 g/mol. The number of carbonyl (C=O) groups excluding carboxylic acids is 1. The first kappa shape index (κ1) is 8.47. The molecule has 0 radical (unpaired) electrons. The van der Waals surface area contributed by atoms with E-state index in [1.165, 1.54) is 0 Å². The van der Waals surface area contributed by atoms with E-state index in [-0.39, 0.29) is 30.5 Å². The molecule has 0 aromatic heterocycles. The molecule has 13 heavy (non-hydrogen) atoms. The third-order valence-electron chi connectivity index (χ3n) is 3.90. The Morgan fingerprint density at radius 2 is 2.31 bits per heavy atom. The Labute approximate surface area is 90.0 Å². The molecular formula is C9H11IO3. The molecule has 1 saturated heterocycles. The number of hydrogen-bond acceptors (Lipinski definition) is 3. The molecule has 2 saturated carbocycles. The number of carbonyl (C=O) groups is 1. The van der Waals surface area contributed by atoms with Crippen molar-refractivity contribution in [2.75, 3.05) is 6.61 Å². The summed E-state index contributed by atoms with van der Waals surface area (Å²) >= 11 is 2.37. The van der Waals surface area contributed by atoms with Gasteiger partial charge in [-0.25, -0.2) is 0 Å². The maximum atomic E-state index is 11.5. The Morgan fingerprint density at radius 3 is 3.00 bits per heavy atom. The molecule has 2 bridgehead atoms. The molecule has 1 heterocycles. The summed E-state index contributed by atoms with van der Waals surface area (Å²) in [6.07, 6.45) is 1.24. The summed E-state index contributed by atoms with van der Waals surface area (Å²) in [4.78, 5) is 11.5. The van der Waals surface area contributed by atoms with Crippen LogP contribution in [0.1, 0.15) is 6.42 Å². The Balaban J connectivity index is 2.01. The van der Waals surface area contributed by atoms with Gasteiger partial charge >= 0.3 is 5.97 Å². The molecule has 3 aliphatic rings. The molecule has 3 rings (SSSR count). The van der Waals surface area contributed by atoms with Gasteiger partial charge in [-0.2, -0.15) is 0 Å². The van der Waals surface area contributed by atoms with Gasteiger partial charge in [0, 0.05) is 12.5 Å². The van der Waals surface area contributed by atoms with Crippen molar-refractivity contribution in [1.29, 1.82) is 0 Å². The lowest BCUT2D eigenvalue weighted by Gasteiger charge is -2.26. The maximum Gasteiger partial charge on any atom is 0.310 e. The fourth-order valence-electron chi connectivity index (χ4n) is 3.37. The van der Waals surface area contributed by atoms with E-state index in [4.69, 9.17) is 4.74 Å². The first-order valence-corrected chi connectivity index (χ1v) is 5.94. The third-order valence-corrected chi connectivity index (χ3v) is 5.53. The number of alkyl halides is 1. The predicted molar refractivity (Wildman–Crippen MR) is 53.4 cm³/mol. The van der Waals surface area contributed by atoms with E-state index >= 15 is 0 Å². The molecule has 0 unspecified atom stereocenters. The number of ether oxygens (including phenoxy) is 1. The molecule has 6 atom stereocenters. The standard InChI is InChI=1S/C9H11IO3/c10-7-3-1-4-6(5(3)2-11)9(12)13-8(4)7/h3-8,11H,1-2H2/t3-,4-,5+,6-,7+,8-/m0/s1. The Morgan fingerprint density at radius 1 is 1.54 bits per heavy atom. The molecule has 0 amide bonds. The second kappa shape index (κ2) is 2.59. The van der Waals surface area contributed by atoms with Crippen molar-refractivity contribution in [3.63, 3.8) is 0 Å². The number of aliphatic hydroxyl groups excluding tert-OH is 1. The summed E-state index contributed by atoms with van der Waals surface area (Å²) in [5.74, 6) is 1.06. The summed E-state index contributed by atoms with van der Waals surface area (Å²) < 4.78 is 5.76. The lowest BCUT2D eigenvalue weighted by Crippen LogP contribution is -2.35. The Hall–Kier alpha value is 0.160. The number of aliphatic hydroxyl groups is 1. The number of esters is 1. The fraction of sp³-hybridized carbons (Fsp3) is 0.889. The highest BCUT2D eigenvalue weighted by molar-refractivity contribution is 14.1. The van der Waals surface area contributed by atoms with Gasteiger partial charge < -0.3 is 9.84 Å². The quantitative estimate of drug-likeness (QED) is 0.437. The van der Waals surface area contributed by atoms with Crippen LogP contribution in [0.3, 0.4) is 0 Å². The zero-order valence-electron chi connectivity index (χ0n) is 7.02. The molecule has 0 aromatic rings. The highest BCUT2D eigenvalue weighted by Crippen LogP contribution is 2.59. The molecule has 4 heteroatoms. The second-order valence-electron chi connectivity index (χ2n) is 4.28. The summed E-state index contributed by atoms with van der Waals surface area (Å²) in [7, 11) is 0. The monoisotopic (exact) mass is 294 g/mol. The summed E-state index contributed by atoms with van der Waals surface area (Å²) in [5, 5.41) is 9.23. The van der Waals surface area contributed by atoms with Crippen LogP contribution in [0.2, 0.25) is 0 Å². The SMILES string of the molecule is O=C1O[C@@H]2[C@H](I)[C@H]3C[C@H]2[C@H]1[C@@H]3CO. The summed E-state index contributed by atoms with van der Waals surface area (Å²) in [6.45, 7) is 0.146. The zero-order chi connectivity index (χ0) is 9.16. The van der Waals surface area contributed by atoms with Crippen molar-refractivity contribution in [1.82, 2.24) is 0 Å². The maximum absolute atomic E-state index is 11.5. The van der Waals surface area contributed by atoms with Crippen molar-refractivity contribution in [3.8, 4) is 0 Å². The van der Waals surface area contributed by atoms with Gasteiger partial charge in [-0.1, -0.05) is 22.6 Å². The van der Waals surface area contributed by atoms with Crippen molar-refractivity contribution in [2.45, 2.75) is 16.4 Å². The molecule has 0 aromatic carbocycles. The lowest BCUT2D eigenvalue weighted by atomic mass is 9.80. The average Bonchev–Trinajstić information content (AvgIpc) is 2.68. The van der Waals surface area contributed by atoms with E-state index in [1.807, 2.05) is 0 Å². The van der Waals surface area contributed by atoms with Crippen molar-refractivity contribution in [2.24, 2.45) is 23.7 Å². The van der Waals surface area contributed by atoms with E-state index < -0.39 is 0 Å². The van der Waals surface area contributed by atoms with Crippen LogP contribution in [0.4, 0.5) is 0 Å². The first-order valence-electron chi connectivity index (χ1n) is 4.69. The van der Waals surface area contributed by atoms with Crippen LogP contribution in [0, 0.1) is 23.7 Å². The van der Waals surface area contributed by atoms with E-state index in [1.54, 1.807) is 0 Å². The van der Waals surface area contributed by atoms with E-state index in [0.717, 1.165) is 6.42 Å². The van der Waals surface area contributed by atoms with Crippen LogP contribution in [0.25, 0.3) is 0 Å². The molecule has 72 valence electrons. The fourth-order valence-corrected chi connectivity index (χ4v) is 4.87. The van der Waals surface area contributed by atoms with Gasteiger partial charge in [0.25, 0.3) is 0 Å². The topological polar surface area (TPSA) is 46.5 Å². The smallest absolute Gasteiger partial charge is 0.310 e. The highest BCUT2D eigenvalue weighted by atomic mass is 127. The lowest BCUT2D eigenvalue weighted by molar-refractivity contribution is -0.144. The Bertz CT molecular complexity index is 268. The van der Waals surface area contributed by atoms with Crippen molar-refractivity contribution >= 4 is 28.6 Å². The minimum atomic E-state index is -0.0595. The molecule has 1 N–H and O–H groups in total. The molecule has 2 aliphatic carbocycles. The van der Waals surface area contributed by atoms with Gasteiger partial charge in [-0.05, 0) is 18.3 Å². The molecule has 3 nitrogen and oxygen atoms in total. The minimum Gasteiger partial charge on any atom is -0.461 e. The normalized spacial score (nSPS) is 57.2. The zero-order valence-corrected chi connectivity index (χ0v) is 9.18. The van der Waals surface area contributed by atoms with Crippen molar-refractivity contribution in [3.05, 3.63) is 0 Å². The van der Waals surface area contributed by atoms with Gasteiger partial charge in [0.1, 0.15) is 6.10 Å². The number of fused-ring (bicyclic) bond motifs is 1. The number of rotatable bonds is 1. The van der Waals surface area contributed by atoms with E-state index in [2.05, 4.69) is 22.6 Å². The molecule has 0 spiro atoms. The van der Waals surface area contributed by atoms with Gasteiger partial charge in [-0.15, -0.1) is 0 Å². The summed E-state index contributed by atoms with van der Waals surface area (Å²) in [6, 6.07) is 0. The second-order valence-corrected chi connectivity index (χ2v) is 5.72. The number of hydrogen-bond donors (Lipinski definition) is 1. The van der Waals surface area contributed by atoms with E-state index in [0.29, 0.717) is 15.8 Å². The molecule has 3 fully saturated rings.